The van der Waals surface area contributed by atoms with Crippen molar-refractivity contribution in [3.05, 3.63) is 24.8 Å². The number of rotatable bonds is 10. The first-order valence-corrected chi connectivity index (χ1v) is 6.98. The van der Waals surface area contributed by atoms with Crippen molar-refractivity contribution in [3.8, 4) is 0 Å². The lowest BCUT2D eigenvalue weighted by Gasteiger charge is -2.39. The Kier molecular flexibility index (Phi) is 9.52. The second kappa shape index (κ2) is 9.59. The fraction of sp³-hybridized carbons (Fsp3) is 0.571. The van der Waals surface area contributed by atoms with Crippen LogP contribution in [0.3, 0.4) is 0 Å². The largest absolute Gasteiger partial charge is 0.478 e. The summed E-state index contributed by atoms with van der Waals surface area (Å²) in [7, 11) is 0. The Balaban J connectivity index is 0. The summed E-state index contributed by atoms with van der Waals surface area (Å²) >= 11 is 0. The van der Waals surface area contributed by atoms with Gasteiger partial charge in [0.15, 0.2) is 0 Å². The summed E-state index contributed by atoms with van der Waals surface area (Å²) < 4.78 is 153. The number of carbonyl (C=O) groups is 2. The van der Waals surface area contributed by atoms with Gasteiger partial charge in [-0.15, -0.1) is 0 Å². The van der Waals surface area contributed by atoms with E-state index in [9.17, 15) is 62.3 Å². The van der Waals surface area contributed by atoms with Gasteiger partial charge < -0.3 is 10.2 Å². The summed E-state index contributed by atoms with van der Waals surface area (Å²) in [6, 6.07) is 0. The third kappa shape index (κ3) is 5.81. The van der Waals surface area contributed by atoms with Gasteiger partial charge in [-0.05, 0) is 6.42 Å². The molecule has 16 heteroatoms. The number of aliphatic carboxylic acids is 2. The van der Waals surface area contributed by atoms with Crippen LogP contribution >= 0.6 is 0 Å². The fourth-order valence-corrected chi connectivity index (χ4v) is 1.35. The molecule has 0 bridgehead atoms. The van der Waals surface area contributed by atoms with E-state index < -0.39 is 66.4 Å². The molecule has 4 nitrogen and oxygen atoms in total. The van der Waals surface area contributed by atoms with Gasteiger partial charge in [0, 0.05) is 18.1 Å². The summed E-state index contributed by atoms with van der Waals surface area (Å²) in [6.07, 6.45) is -8.84. The van der Waals surface area contributed by atoms with E-state index in [1.54, 1.807) is 0 Å². The number of halogens is 12. The molecule has 0 saturated heterocycles. The molecule has 0 radical (unpaired) electrons. The van der Waals surface area contributed by atoms with E-state index in [-0.39, 0.29) is 0 Å². The second-order valence-corrected chi connectivity index (χ2v) is 5.30. The first-order valence-electron chi connectivity index (χ1n) is 6.98. The second-order valence-electron chi connectivity index (χ2n) is 5.30. The molecule has 0 fully saturated rings. The third-order valence-electron chi connectivity index (χ3n) is 3.16. The molecule has 30 heavy (non-hydrogen) atoms. The Hall–Kier alpha value is -2.42. The average molecular weight is 472 g/mol. The van der Waals surface area contributed by atoms with Crippen molar-refractivity contribution < 1.29 is 72.5 Å². The highest BCUT2D eigenvalue weighted by Crippen LogP contribution is 2.58. The Morgan fingerprint density at radius 2 is 1.20 bits per heavy atom. The van der Waals surface area contributed by atoms with Crippen LogP contribution in [0.4, 0.5) is 52.7 Å². The highest BCUT2D eigenvalue weighted by Gasteiger charge is 2.87. The van der Waals surface area contributed by atoms with Gasteiger partial charge >= 0.3 is 48.0 Å². The monoisotopic (exact) mass is 472 g/mol. The molecule has 0 aromatic carbocycles. The van der Waals surface area contributed by atoms with E-state index in [1.165, 1.54) is 0 Å². The molecular weight excluding hydrogens is 460 g/mol. The van der Waals surface area contributed by atoms with Gasteiger partial charge in [-0.1, -0.05) is 13.2 Å². The SMILES string of the molecule is C=C(CCC(F)(F)C(F)(F)C(F)(F)C(F)(F)C(F)(F)C(F)F)C(=O)O.C=CC(=O)O. The maximum atomic E-state index is 13.2. The molecule has 0 atom stereocenters. The highest BCUT2D eigenvalue weighted by molar-refractivity contribution is 5.85. The predicted octanol–water partition coefficient (Wildman–Crippen LogP) is 5.11. The predicted molar refractivity (Wildman–Crippen MR) is 74.6 cm³/mol. The zero-order valence-electron chi connectivity index (χ0n) is 14.2. The number of hydrogen-bond acceptors (Lipinski definition) is 2. The van der Waals surface area contributed by atoms with Crippen molar-refractivity contribution in [1.82, 2.24) is 0 Å². The van der Waals surface area contributed by atoms with Crippen molar-refractivity contribution in [2.75, 3.05) is 0 Å². The van der Waals surface area contributed by atoms with Crippen LogP contribution in [-0.2, 0) is 9.59 Å². The van der Waals surface area contributed by atoms with Crippen LogP contribution in [0.1, 0.15) is 12.8 Å². The molecule has 0 heterocycles. The topological polar surface area (TPSA) is 74.6 Å². The van der Waals surface area contributed by atoms with Crippen LogP contribution in [0.25, 0.3) is 0 Å². The molecule has 0 aliphatic carbocycles. The molecule has 0 spiro atoms. The molecule has 0 amide bonds. The van der Waals surface area contributed by atoms with E-state index in [0.717, 1.165) is 6.08 Å². The van der Waals surface area contributed by atoms with Crippen LogP contribution in [0.2, 0.25) is 0 Å². The van der Waals surface area contributed by atoms with Crippen molar-refractivity contribution in [3.63, 3.8) is 0 Å². The van der Waals surface area contributed by atoms with Crippen LogP contribution in [0.15, 0.2) is 24.8 Å². The standard InChI is InChI=1S/C11H8F12O2.C3H4O2/c1-4(5(24)25)2-3-7(14,15)9(18,19)11(22,23)10(20,21)8(16,17)6(12)13;1-2-3(4)5/h6H,1-3H2,(H,24,25);2H,1H2,(H,4,5). The van der Waals surface area contributed by atoms with Gasteiger partial charge in [0.2, 0.25) is 0 Å². The average Bonchev–Trinajstić information content (AvgIpc) is 2.58. The molecule has 2 N–H and O–H groups in total. The maximum Gasteiger partial charge on any atom is 0.384 e. The quantitative estimate of drug-likeness (QED) is 0.343. The van der Waals surface area contributed by atoms with Crippen LogP contribution in [0.5, 0.6) is 0 Å². The van der Waals surface area contributed by atoms with Gasteiger partial charge in [0.05, 0.1) is 0 Å². The van der Waals surface area contributed by atoms with E-state index in [2.05, 4.69) is 13.2 Å². The molecule has 0 aliphatic rings. The zero-order chi connectivity index (χ0) is 24.9. The lowest BCUT2D eigenvalue weighted by atomic mass is 9.91. The van der Waals surface area contributed by atoms with Gasteiger partial charge in [-0.25, -0.2) is 18.4 Å². The molecule has 0 rings (SSSR count). The van der Waals surface area contributed by atoms with Gasteiger partial charge in [0.1, 0.15) is 0 Å². The van der Waals surface area contributed by atoms with E-state index in [0.29, 0.717) is 0 Å². The zero-order valence-corrected chi connectivity index (χ0v) is 14.2. The Morgan fingerprint density at radius 1 is 0.833 bits per heavy atom. The summed E-state index contributed by atoms with van der Waals surface area (Å²) in [5.41, 5.74) is -1.21. The Morgan fingerprint density at radius 3 is 1.47 bits per heavy atom. The molecule has 0 aromatic rings. The first-order chi connectivity index (χ1) is 13.0. The van der Waals surface area contributed by atoms with E-state index in [4.69, 9.17) is 10.2 Å². The summed E-state index contributed by atoms with van der Waals surface area (Å²) in [6.45, 7) is 5.54. The number of carboxylic acid groups (broad SMARTS) is 2. The van der Waals surface area contributed by atoms with Crippen molar-refractivity contribution in [2.45, 2.75) is 48.9 Å². The fourth-order valence-electron chi connectivity index (χ4n) is 1.35. The summed E-state index contributed by atoms with van der Waals surface area (Å²) in [4.78, 5) is 19.5. The van der Waals surface area contributed by atoms with Gasteiger partial charge in [-0.3, -0.25) is 0 Å². The maximum absolute atomic E-state index is 13.2. The number of alkyl halides is 12. The van der Waals surface area contributed by atoms with Crippen molar-refractivity contribution in [1.29, 1.82) is 0 Å². The lowest BCUT2D eigenvalue weighted by molar-refractivity contribution is -0.413. The molecular formula is C14H12F12O4. The Labute approximate surface area is 159 Å². The highest BCUT2D eigenvalue weighted by atomic mass is 19.4. The van der Waals surface area contributed by atoms with Crippen molar-refractivity contribution >= 4 is 11.9 Å². The minimum absolute atomic E-state index is 0.833. The number of hydrogen-bond donors (Lipinski definition) is 2. The minimum Gasteiger partial charge on any atom is -0.478 e. The molecule has 0 unspecified atom stereocenters. The molecule has 0 saturated carbocycles. The smallest absolute Gasteiger partial charge is 0.384 e. The van der Waals surface area contributed by atoms with Gasteiger partial charge in [-0.2, -0.15) is 43.9 Å². The Bertz CT molecular complexity index is 657. The van der Waals surface area contributed by atoms with E-state index >= 15 is 0 Å². The minimum atomic E-state index is -7.60. The summed E-state index contributed by atoms with van der Waals surface area (Å²) in [5, 5.41) is 15.9. The van der Waals surface area contributed by atoms with Crippen molar-refractivity contribution in [2.24, 2.45) is 0 Å². The van der Waals surface area contributed by atoms with E-state index in [1.807, 2.05) is 0 Å². The van der Waals surface area contributed by atoms with Crippen LogP contribution in [0, 0.1) is 0 Å². The first kappa shape index (κ1) is 29.8. The molecule has 0 aliphatic heterocycles. The third-order valence-corrected chi connectivity index (χ3v) is 3.16. The lowest BCUT2D eigenvalue weighted by Crippen LogP contribution is -2.68. The molecule has 176 valence electrons. The van der Waals surface area contributed by atoms with Crippen LogP contribution in [-0.4, -0.2) is 58.2 Å². The summed E-state index contributed by atoms with van der Waals surface area (Å²) in [5.74, 6) is -38.6. The number of carboxylic acids is 2. The van der Waals surface area contributed by atoms with Gasteiger partial charge in [0.25, 0.3) is 0 Å². The normalized spacial score (nSPS) is 13.4. The van der Waals surface area contributed by atoms with Crippen LogP contribution < -0.4 is 0 Å². The molecule has 0 aromatic heterocycles.